The van der Waals surface area contributed by atoms with Gasteiger partial charge in [0.1, 0.15) is 0 Å². The van der Waals surface area contributed by atoms with Gasteiger partial charge in [-0.1, -0.05) is 70.4 Å². The molecule has 0 saturated carbocycles. The average molecular weight is 328 g/mol. The van der Waals surface area contributed by atoms with Gasteiger partial charge in [-0.05, 0) is 32.1 Å². The van der Waals surface area contributed by atoms with Gasteiger partial charge in [0.15, 0.2) is 6.23 Å². The summed E-state index contributed by atoms with van der Waals surface area (Å²) in [4.78, 5) is 0. The molecule has 0 radical (unpaired) electrons. The third-order valence-electron chi connectivity index (χ3n) is 4.44. The number of quaternary nitrogens is 1. The van der Waals surface area contributed by atoms with Crippen LogP contribution >= 0.6 is 0 Å². The van der Waals surface area contributed by atoms with E-state index in [1.807, 2.05) is 0 Å². The highest BCUT2D eigenvalue weighted by Gasteiger charge is 2.15. The van der Waals surface area contributed by atoms with Crippen LogP contribution in [0.3, 0.4) is 0 Å². The lowest BCUT2D eigenvalue weighted by molar-refractivity contribution is -0.891. The average Bonchev–Trinajstić information content (AvgIpc) is 2.50. The van der Waals surface area contributed by atoms with Gasteiger partial charge in [-0.3, -0.25) is 0 Å². The highest BCUT2D eigenvalue weighted by Crippen LogP contribution is 2.13. The number of rotatable bonds is 16. The van der Waals surface area contributed by atoms with E-state index in [0.29, 0.717) is 6.42 Å². The number of unbranched alkanes of at least 4 members (excludes halogenated alkanes) is 11. The Kier molecular flexibility index (Phi) is 14.9. The summed E-state index contributed by atoms with van der Waals surface area (Å²) in [6.07, 6.45) is 21.1. The molecule has 1 atom stereocenters. The molecule has 138 valence electrons. The lowest BCUT2D eigenvalue weighted by Crippen LogP contribution is -2.43. The summed E-state index contributed by atoms with van der Waals surface area (Å²) in [7, 11) is 3.00. The van der Waals surface area contributed by atoms with Crippen LogP contribution in [0.25, 0.3) is 0 Å². The molecular formula is C20H41NO2. The fraction of sp³-hybridized carbons (Fsp3) is 0.900. The van der Waals surface area contributed by atoms with E-state index in [9.17, 15) is 10.3 Å². The van der Waals surface area contributed by atoms with Gasteiger partial charge >= 0.3 is 0 Å². The predicted molar refractivity (Wildman–Crippen MR) is 101 cm³/mol. The fourth-order valence-electron chi connectivity index (χ4n) is 2.71. The number of aliphatic hydroxyl groups excluding tert-OH is 1. The van der Waals surface area contributed by atoms with Gasteiger partial charge in [0, 0.05) is 6.42 Å². The largest absolute Gasteiger partial charge is 0.631 e. The lowest BCUT2D eigenvalue weighted by Gasteiger charge is -2.38. The zero-order chi connectivity index (χ0) is 17.4. The van der Waals surface area contributed by atoms with E-state index in [1.165, 1.54) is 84.7 Å². The van der Waals surface area contributed by atoms with E-state index < -0.39 is 10.9 Å². The predicted octanol–water partition coefficient (Wildman–Crippen LogP) is 5.92. The second-order valence-corrected chi connectivity index (χ2v) is 7.29. The highest BCUT2D eigenvalue weighted by molar-refractivity contribution is 4.81. The first-order chi connectivity index (χ1) is 11.0. The van der Waals surface area contributed by atoms with Crippen molar-refractivity contribution in [2.24, 2.45) is 0 Å². The van der Waals surface area contributed by atoms with Crippen molar-refractivity contribution < 1.29 is 9.75 Å². The molecule has 23 heavy (non-hydrogen) atoms. The maximum absolute atomic E-state index is 11.5. The Bertz CT molecular complexity index is 271. The van der Waals surface area contributed by atoms with Gasteiger partial charge in [-0.25, -0.2) is 0 Å². The molecule has 0 rings (SSSR count). The van der Waals surface area contributed by atoms with Crippen LogP contribution in [0.1, 0.15) is 96.8 Å². The lowest BCUT2D eigenvalue weighted by atomic mass is 10.1. The van der Waals surface area contributed by atoms with Crippen molar-refractivity contribution in [1.29, 1.82) is 0 Å². The Balaban J connectivity index is 3.22. The molecule has 1 N–H and O–H groups in total. The highest BCUT2D eigenvalue weighted by atomic mass is 16.6. The van der Waals surface area contributed by atoms with Crippen LogP contribution in [-0.4, -0.2) is 30.1 Å². The van der Waals surface area contributed by atoms with Crippen molar-refractivity contribution >= 4 is 0 Å². The van der Waals surface area contributed by atoms with Crippen LogP contribution in [0.15, 0.2) is 12.2 Å². The topological polar surface area (TPSA) is 43.3 Å². The summed E-state index contributed by atoms with van der Waals surface area (Å²) in [5.41, 5.74) is 0. The minimum absolute atomic E-state index is 0.594. The van der Waals surface area contributed by atoms with Gasteiger partial charge in [0.2, 0.25) is 0 Å². The summed E-state index contributed by atoms with van der Waals surface area (Å²) < 4.78 is -0.594. The molecule has 0 fully saturated rings. The number of hydroxylamine groups is 3. The quantitative estimate of drug-likeness (QED) is 0.126. The smallest absolute Gasteiger partial charge is 0.189 e. The van der Waals surface area contributed by atoms with E-state index in [1.54, 1.807) is 0 Å². The number of allylic oxidation sites excluding steroid dienone is 2. The standard InChI is InChI=1S/C20H41NO2/c1-4-5-6-7-8-9-10-11-12-13-14-15-16-17-18-19-20(22)21(2,3)23/h11-12,20,22H,4-10,13-19H2,1-3H3. The number of aliphatic hydroxyl groups is 1. The Hall–Kier alpha value is -0.380. The molecular weight excluding hydrogens is 286 g/mol. The molecule has 0 aliphatic carbocycles. The van der Waals surface area contributed by atoms with E-state index in [4.69, 9.17) is 0 Å². The van der Waals surface area contributed by atoms with Crippen LogP contribution in [0, 0.1) is 5.21 Å². The van der Waals surface area contributed by atoms with Crippen molar-refractivity contribution in [1.82, 2.24) is 0 Å². The molecule has 0 aromatic carbocycles. The third-order valence-corrected chi connectivity index (χ3v) is 4.44. The van der Waals surface area contributed by atoms with Crippen molar-refractivity contribution in [2.75, 3.05) is 14.1 Å². The summed E-state index contributed by atoms with van der Waals surface area (Å²) >= 11 is 0. The molecule has 3 nitrogen and oxygen atoms in total. The molecule has 0 amide bonds. The van der Waals surface area contributed by atoms with Crippen molar-refractivity contribution in [3.8, 4) is 0 Å². The molecule has 0 aromatic heterocycles. The SMILES string of the molecule is CCCCCCCCC=CCCCCCCCC(O)[N+](C)(C)[O-]. The summed E-state index contributed by atoms with van der Waals surface area (Å²) in [6.45, 7) is 2.26. The van der Waals surface area contributed by atoms with Gasteiger partial charge < -0.3 is 15.0 Å². The second kappa shape index (κ2) is 15.2. The molecule has 3 heteroatoms. The molecule has 0 bridgehead atoms. The summed E-state index contributed by atoms with van der Waals surface area (Å²) in [6, 6.07) is 0. The van der Waals surface area contributed by atoms with E-state index >= 15 is 0 Å². The number of hydrogen-bond donors (Lipinski definition) is 1. The monoisotopic (exact) mass is 327 g/mol. The third kappa shape index (κ3) is 16.3. The molecule has 0 spiro atoms. The molecule has 0 aliphatic heterocycles. The Labute approximate surface area is 144 Å². The summed E-state index contributed by atoms with van der Waals surface area (Å²) in [5, 5.41) is 21.1. The van der Waals surface area contributed by atoms with Crippen LogP contribution in [0.5, 0.6) is 0 Å². The van der Waals surface area contributed by atoms with Crippen LogP contribution in [0.4, 0.5) is 0 Å². The van der Waals surface area contributed by atoms with Crippen molar-refractivity contribution in [2.45, 2.75) is 103 Å². The maximum atomic E-state index is 11.5. The zero-order valence-corrected chi connectivity index (χ0v) is 15.9. The fourth-order valence-corrected chi connectivity index (χ4v) is 2.71. The van der Waals surface area contributed by atoms with Crippen LogP contribution in [0.2, 0.25) is 0 Å². The van der Waals surface area contributed by atoms with Crippen LogP contribution in [-0.2, 0) is 0 Å². The van der Waals surface area contributed by atoms with Gasteiger partial charge in [-0.2, -0.15) is 0 Å². The Morgan fingerprint density at radius 1 is 0.783 bits per heavy atom. The van der Waals surface area contributed by atoms with Gasteiger partial charge in [0.05, 0.1) is 14.1 Å². The van der Waals surface area contributed by atoms with Crippen molar-refractivity contribution in [3.05, 3.63) is 17.4 Å². The van der Waals surface area contributed by atoms with E-state index in [-0.39, 0.29) is 0 Å². The second-order valence-electron chi connectivity index (χ2n) is 7.29. The first-order valence-corrected chi connectivity index (χ1v) is 9.86. The van der Waals surface area contributed by atoms with Crippen LogP contribution < -0.4 is 0 Å². The maximum Gasteiger partial charge on any atom is 0.189 e. The summed E-state index contributed by atoms with van der Waals surface area (Å²) in [5.74, 6) is 0. The zero-order valence-electron chi connectivity index (χ0n) is 15.9. The normalized spacial score (nSPS) is 13.8. The number of nitrogens with zero attached hydrogens (tertiary/aromatic N) is 1. The molecule has 1 unspecified atom stereocenters. The molecule has 0 heterocycles. The first kappa shape index (κ1) is 22.6. The number of hydrogen-bond acceptors (Lipinski definition) is 2. The first-order valence-electron chi connectivity index (χ1n) is 9.86. The van der Waals surface area contributed by atoms with Crippen molar-refractivity contribution in [3.63, 3.8) is 0 Å². The minimum Gasteiger partial charge on any atom is -0.631 e. The minimum atomic E-state index is -0.764. The van der Waals surface area contributed by atoms with Gasteiger partial charge in [0.25, 0.3) is 0 Å². The van der Waals surface area contributed by atoms with E-state index in [0.717, 1.165) is 12.8 Å². The Morgan fingerprint density at radius 2 is 1.22 bits per heavy atom. The van der Waals surface area contributed by atoms with E-state index in [2.05, 4.69) is 19.1 Å². The van der Waals surface area contributed by atoms with Gasteiger partial charge in [-0.15, -0.1) is 0 Å². The molecule has 0 aliphatic rings. The molecule has 0 saturated heterocycles. The Morgan fingerprint density at radius 3 is 1.70 bits per heavy atom. The molecule has 0 aromatic rings.